The van der Waals surface area contributed by atoms with Crippen LogP contribution in [-0.4, -0.2) is 75.9 Å². The summed E-state index contributed by atoms with van der Waals surface area (Å²) in [6.07, 6.45) is 1.73. The molecule has 1 saturated heterocycles. The molecular weight excluding hydrogens is 424 g/mol. The fourth-order valence-electron chi connectivity index (χ4n) is 4.35. The average molecular weight is 453 g/mol. The molecule has 0 N–H and O–H groups in total. The highest BCUT2D eigenvalue weighted by Crippen LogP contribution is 2.42. The summed E-state index contributed by atoms with van der Waals surface area (Å²) < 4.78 is 28.2. The molecule has 0 bridgehead atoms. The normalized spacial score (nSPS) is 19.6. The van der Waals surface area contributed by atoms with Crippen molar-refractivity contribution in [2.24, 2.45) is 0 Å². The summed E-state index contributed by atoms with van der Waals surface area (Å²) in [5, 5.41) is 0. The van der Waals surface area contributed by atoms with E-state index in [2.05, 4.69) is 9.80 Å². The number of ether oxygens (including phenoxy) is 5. The third-order valence-electron chi connectivity index (χ3n) is 6.22. The highest BCUT2D eigenvalue weighted by atomic mass is 16.5. The Balaban J connectivity index is 1.34. The lowest BCUT2D eigenvalue weighted by molar-refractivity contribution is 0.0239. The standard InChI is InChI=1S/C25H28N2O6/c1-29-21-5-3-17(13-22(21)30-2)14-23-24(28)18-4-6-20-19(25(18)33-23)15-27(16-32-20)8-7-26-9-11-31-12-10-26/h3-6,13-14H,7-12,15-16H2,1-2H3. The second-order valence-electron chi connectivity index (χ2n) is 8.25. The van der Waals surface area contributed by atoms with Crippen LogP contribution in [0.4, 0.5) is 0 Å². The van der Waals surface area contributed by atoms with Gasteiger partial charge in [-0.15, -0.1) is 0 Å². The van der Waals surface area contributed by atoms with Crippen molar-refractivity contribution in [1.29, 1.82) is 0 Å². The number of ketones is 1. The fourth-order valence-corrected chi connectivity index (χ4v) is 4.35. The zero-order valence-electron chi connectivity index (χ0n) is 19.0. The summed E-state index contributed by atoms with van der Waals surface area (Å²) in [4.78, 5) is 17.7. The molecule has 8 nitrogen and oxygen atoms in total. The van der Waals surface area contributed by atoms with Crippen LogP contribution in [0.3, 0.4) is 0 Å². The van der Waals surface area contributed by atoms with E-state index >= 15 is 0 Å². The van der Waals surface area contributed by atoms with E-state index in [1.165, 1.54) is 0 Å². The van der Waals surface area contributed by atoms with Crippen LogP contribution in [0.2, 0.25) is 0 Å². The molecule has 33 heavy (non-hydrogen) atoms. The molecule has 3 heterocycles. The summed E-state index contributed by atoms with van der Waals surface area (Å²) in [6, 6.07) is 9.14. The van der Waals surface area contributed by atoms with Gasteiger partial charge in [-0.1, -0.05) is 6.07 Å². The van der Waals surface area contributed by atoms with Crippen molar-refractivity contribution in [3.05, 3.63) is 52.8 Å². The second kappa shape index (κ2) is 9.43. The van der Waals surface area contributed by atoms with E-state index in [-0.39, 0.29) is 11.5 Å². The van der Waals surface area contributed by atoms with Crippen LogP contribution in [0, 0.1) is 0 Å². The number of benzene rings is 2. The Bertz CT molecular complexity index is 1080. The first kappa shape index (κ1) is 21.8. The Morgan fingerprint density at radius 3 is 2.58 bits per heavy atom. The minimum Gasteiger partial charge on any atom is -0.493 e. The Labute approximate surface area is 193 Å². The first-order chi connectivity index (χ1) is 16.2. The predicted octanol–water partition coefficient (Wildman–Crippen LogP) is 2.80. The number of carbonyl (C=O) groups excluding carboxylic acids is 1. The largest absolute Gasteiger partial charge is 0.493 e. The molecular formula is C25H28N2O6. The number of hydrogen-bond donors (Lipinski definition) is 0. The maximum absolute atomic E-state index is 13.1. The lowest BCUT2D eigenvalue weighted by atomic mass is 10.0. The second-order valence-corrected chi connectivity index (χ2v) is 8.25. The molecule has 5 rings (SSSR count). The van der Waals surface area contributed by atoms with Crippen LogP contribution in [0.1, 0.15) is 21.5 Å². The van der Waals surface area contributed by atoms with Gasteiger partial charge >= 0.3 is 0 Å². The molecule has 0 aliphatic carbocycles. The van der Waals surface area contributed by atoms with Gasteiger partial charge in [0.15, 0.2) is 17.3 Å². The van der Waals surface area contributed by atoms with Crippen molar-refractivity contribution < 1.29 is 28.5 Å². The first-order valence-electron chi connectivity index (χ1n) is 11.1. The number of nitrogens with zero attached hydrogens (tertiary/aromatic N) is 2. The van der Waals surface area contributed by atoms with E-state index in [0.29, 0.717) is 36.1 Å². The number of Topliss-reactive ketones (excluding diaryl/α,β-unsaturated/α-hetero) is 1. The van der Waals surface area contributed by atoms with Crippen LogP contribution in [-0.2, 0) is 11.3 Å². The molecule has 2 aromatic carbocycles. The molecule has 8 heteroatoms. The van der Waals surface area contributed by atoms with Gasteiger partial charge in [0.2, 0.25) is 5.78 Å². The van der Waals surface area contributed by atoms with Gasteiger partial charge in [-0.2, -0.15) is 0 Å². The third-order valence-corrected chi connectivity index (χ3v) is 6.22. The highest BCUT2D eigenvalue weighted by molar-refractivity contribution is 6.15. The number of morpholine rings is 1. The number of allylic oxidation sites excluding steroid dienone is 1. The predicted molar refractivity (Wildman–Crippen MR) is 122 cm³/mol. The Morgan fingerprint density at radius 2 is 1.79 bits per heavy atom. The number of fused-ring (bicyclic) bond motifs is 3. The highest BCUT2D eigenvalue weighted by Gasteiger charge is 2.33. The average Bonchev–Trinajstić information content (AvgIpc) is 3.18. The van der Waals surface area contributed by atoms with Gasteiger partial charge in [0.05, 0.1) is 38.6 Å². The van der Waals surface area contributed by atoms with Crippen molar-refractivity contribution in [3.63, 3.8) is 0 Å². The van der Waals surface area contributed by atoms with Gasteiger partial charge in [-0.05, 0) is 35.9 Å². The molecule has 0 saturated carbocycles. The molecule has 0 atom stereocenters. The number of rotatable bonds is 6. The molecule has 0 aromatic heterocycles. The zero-order valence-corrected chi connectivity index (χ0v) is 19.0. The Hall–Kier alpha value is -3.07. The molecule has 0 unspecified atom stereocenters. The van der Waals surface area contributed by atoms with Gasteiger partial charge in [0.1, 0.15) is 18.2 Å². The summed E-state index contributed by atoms with van der Waals surface area (Å²) >= 11 is 0. The van der Waals surface area contributed by atoms with E-state index in [0.717, 1.165) is 56.3 Å². The van der Waals surface area contributed by atoms with E-state index < -0.39 is 0 Å². The van der Waals surface area contributed by atoms with Crippen LogP contribution >= 0.6 is 0 Å². The smallest absolute Gasteiger partial charge is 0.231 e. The van der Waals surface area contributed by atoms with E-state index in [1.54, 1.807) is 32.4 Å². The molecule has 174 valence electrons. The maximum atomic E-state index is 13.1. The molecule has 0 radical (unpaired) electrons. The van der Waals surface area contributed by atoms with Gasteiger partial charge < -0.3 is 23.7 Å². The van der Waals surface area contributed by atoms with Crippen molar-refractivity contribution in [1.82, 2.24) is 9.80 Å². The van der Waals surface area contributed by atoms with Gasteiger partial charge in [0.25, 0.3) is 0 Å². The molecule has 3 aliphatic heterocycles. The molecule has 0 spiro atoms. The third kappa shape index (κ3) is 4.42. The molecule has 2 aromatic rings. The number of carbonyl (C=O) groups is 1. The molecule has 1 fully saturated rings. The van der Waals surface area contributed by atoms with Crippen LogP contribution in [0.5, 0.6) is 23.0 Å². The first-order valence-corrected chi connectivity index (χ1v) is 11.1. The minimum atomic E-state index is -0.131. The fraction of sp³-hybridized carbons (Fsp3) is 0.400. The van der Waals surface area contributed by atoms with E-state index in [1.807, 2.05) is 18.2 Å². The Morgan fingerprint density at radius 1 is 1.00 bits per heavy atom. The van der Waals surface area contributed by atoms with Crippen molar-refractivity contribution in [2.45, 2.75) is 6.54 Å². The monoisotopic (exact) mass is 452 g/mol. The quantitative estimate of drug-likeness (QED) is 0.620. The summed E-state index contributed by atoms with van der Waals surface area (Å²) in [5.41, 5.74) is 2.28. The topological polar surface area (TPSA) is 69.7 Å². The van der Waals surface area contributed by atoms with Crippen molar-refractivity contribution >= 4 is 11.9 Å². The Kier molecular flexibility index (Phi) is 6.22. The summed E-state index contributed by atoms with van der Waals surface area (Å²) in [5.74, 6) is 2.75. The van der Waals surface area contributed by atoms with E-state index in [9.17, 15) is 4.79 Å². The van der Waals surface area contributed by atoms with Gasteiger partial charge in [-0.3, -0.25) is 14.6 Å². The number of hydrogen-bond acceptors (Lipinski definition) is 8. The van der Waals surface area contributed by atoms with Crippen LogP contribution in [0.15, 0.2) is 36.1 Å². The van der Waals surface area contributed by atoms with E-state index in [4.69, 9.17) is 23.7 Å². The SMILES string of the molecule is COc1ccc(C=C2Oc3c(ccc4c3CN(CCN3CCOCC3)CO4)C2=O)cc1OC. The lowest BCUT2D eigenvalue weighted by Crippen LogP contribution is -2.43. The zero-order chi connectivity index (χ0) is 22.8. The van der Waals surface area contributed by atoms with Crippen LogP contribution in [0.25, 0.3) is 6.08 Å². The minimum absolute atomic E-state index is 0.131. The molecule has 0 amide bonds. The lowest BCUT2D eigenvalue weighted by Gasteiger charge is -2.33. The van der Waals surface area contributed by atoms with Crippen LogP contribution < -0.4 is 18.9 Å². The maximum Gasteiger partial charge on any atom is 0.231 e. The number of methoxy groups -OCH3 is 2. The molecule has 3 aliphatic rings. The van der Waals surface area contributed by atoms with Gasteiger partial charge in [-0.25, -0.2) is 0 Å². The van der Waals surface area contributed by atoms with Gasteiger partial charge in [0, 0.05) is 32.7 Å². The van der Waals surface area contributed by atoms with Crippen molar-refractivity contribution in [2.75, 3.05) is 60.3 Å². The van der Waals surface area contributed by atoms with Crippen molar-refractivity contribution in [3.8, 4) is 23.0 Å². The summed E-state index contributed by atoms with van der Waals surface area (Å²) in [6.45, 7) is 6.55. The summed E-state index contributed by atoms with van der Waals surface area (Å²) in [7, 11) is 3.17.